The summed E-state index contributed by atoms with van der Waals surface area (Å²) in [5, 5.41) is 14.9. The second-order valence-electron chi connectivity index (χ2n) is 9.38. The number of halogens is 1. The van der Waals surface area contributed by atoms with Crippen molar-refractivity contribution in [1.29, 1.82) is 0 Å². The van der Waals surface area contributed by atoms with Crippen molar-refractivity contribution in [2.24, 2.45) is 0 Å². The molecule has 0 saturated heterocycles. The highest BCUT2D eigenvalue weighted by Gasteiger charge is 2.18. The van der Waals surface area contributed by atoms with Crippen LogP contribution in [-0.2, 0) is 27.2 Å². The molecule has 1 aliphatic rings. The molecule has 5 rings (SSSR count). The first-order valence-electron chi connectivity index (χ1n) is 12.9. The number of amides is 1. The molecule has 40 heavy (non-hydrogen) atoms. The van der Waals surface area contributed by atoms with Crippen molar-refractivity contribution in [3.63, 3.8) is 0 Å². The molecule has 0 aliphatic carbocycles. The van der Waals surface area contributed by atoms with Crippen molar-refractivity contribution in [2.75, 3.05) is 7.11 Å². The maximum Gasteiger partial charge on any atom is 0.309 e. The number of imidazole rings is 1. The van der Waals surface area contributed by atoms with Crippen molar-refractivity contribution in [2.45, 2.75) is 38.1 Å². The number of hydrogen-bond acceptors (Lipinski definition) is 7. The van der Waals surface area contributed by atoms with Gasteiger partial charge in [0.1, 0.15) is 12.2 Å². The van der Waals surface area contributed by atoms with Gasteiger partial charge in [0.25, 0.3) is 0 Å². The van der Waals surface area contributed by atoms with Gasteiger partial charge < -0.3 is 15.0 Å². The van der Waals surface area contributed by atoms with Gasteiger partial charge in [-0.05, 0) is 71.5 Å². The average molecular weight is 558 g/mol. The van der Waals surface area contributed by atoms with Gasteiger partial charge >= 0.3 is 5.97 Å². The summed E-state index contributed by atoms with van der Waals surface area (Å²) in [5.41, 5.74) is 5.31. The molecule has 11 heteroatoms. The standard InChI is InChI=1S/C29H28ClN7O3/c1-40-28(39)15-19-8-11-23-20(14-19)6-4-2-3-5-7-24(29-31-17-25(23)34-29)33-27(38)13-9-21-16-22(30)10-12-26(21)37-18-32-35-36-37/h3,5,8-14,16-18,24H,2,4,6-7,15H2,1H3,(H,31,34)(H,33,38)/b5-3+,13-9+/t24-/m0/s1. The Morgan fingerprint density at radius 2 is 2.12 bits per heavy atom. The maximum absolute atomic E-state index is 13.0. The molecule has 4 aromatic rings. The van der Waals surface area contributed by atoms with Crippen LogP contribution in [0.25, 0.3) is 23.0 Å². The van der Waals surface area contributed by atoms with Crippen molar-refractivity contribution < 1.29 is 14.3 Å². The summed E-state index contributed by atoms with van der Waals surface area (Å²) < 4.78 is 6.33. The summed E-state index contributed by atoms with van der Waals surface area (Å²) in [7, 11) is 1.39. The number of tetrazole rings is 1. The molecule has 0 unspecified atom stereocenters. The van der Waals surface area contributed by atoms with Crippen LogP contribution in [0, 0.1) is 0 Å². The Morgan fingerprint density at radius 1 is 1.23 bits per heavy atom. The Balaban J connectivity index is 1.37. The van der Waals surface area contributed by atoms with E-state index in [-0.39, 0.29) is 24.3 Å². The number of carbonyl (C=O) groups excluding carboxylic acids is 2. The first-order chi connectivity index (χ1) is 19.5. The lowest BCUT2D eigenvalue weighted by molar-refractivity contribution is -0.139. The molecular formula is C29H28ClN7O3. The second-order valence-corrected chi connectivity index (χ2v) is 9.81. The fourth-order valence-electron chi connectivity index (χ4n) is 4.64. The van der Waals surface area contributed by atoms with Crippen LogP contribution >= 0.6 is 11.6 Å². The van der Waals surface area contributed by atoms with E-state index >= 15 is 0 Å². The number of rotatable bonds is 6. The van der Waals surface area contributed by atoms with E-state index in [1.54, 1.807) is 30.5 Å². The number of aryl methyl sites for hydroxylation is 1. The largest absolute Gasteiger partial charge is 0.469 e. The van der Waals surface area contributed by atoms with Gasteiger partial charge in [-0.3, -0.25) is 9.59 Å². The van der Waals surface area contributed by atoms with Crippen LogP contribution in [0.5, 0.6) is 0 Å². The van der Waals surface area contributed by atoms with Crippen LogP contribution in [0.1, 0.15) is 47.8 Å². The zero-order valence-corrected chi connectivity index (χ0v) is 22.6. The summed E-state index contributed by atoms with van der Waals surface area (Å²) in [6.45, 7) is 0. The number of nitrogens with one attached hydrogen (secondary N) is 2. The van der Waals surface area contributed by atoms with Gasteiger partial charge in [-0.25, -0.2) is 4.98 Å². The van der Waals surface area contributed by atoms with E-state index in [1.165, 1.54) is 24.2 Å². The van der Waals surface area contributed by atoms with Gasteiger partial charge in [-0.1, -0.05) is 42.0 Å². The quantitative estimate of drug-likeness (QED) is 0.202. The SMILES string of the molecule is COC(=O)Cc1ccc2c(c1)CCC/C=C/C[C@H](NC(=O)/C=C/c1cc(Cl)ccc1-n1cnnn1)c1ncc-2[nH]1. The third-order valence-electron chi connectivity index (χ3n) is 6.63. The molecule has 2 aromatic heterocycles. The summed E-state index contributed by atoms with van der Waals surface area (Å²) in [6, 6.07) is 10.9. The van der Waals surface area contributed by atoms with Crippen LogP contribution in [0.4, 0.5) is 0 Å². The fourth-order valence-corrected chi connectivity index (χ4v) is 4.82. The second kappa shape index (κ2) is 12.5. The number of esters is 1. The summed E-state index contributed by atoms with van der Waals surface area (Å²) in [5.74, 6) is 0.108. The smallest absolute Gasteiger partial charge is 0.309 e. The summed E-state index contributed by atoms with van der Waals surface area (Å²) in [4.78, 5) is 32.8. The lowest BCUT2D eigenvalue weighted by Gasteiger charge is -2.15. The number of allylic oxidation sites excluding steroid dienone is 1. The predicted octanol–water partition coefficient (Wildman–Crippen LogP) is 4.57. The van der Waals surface area contributed by atoms with Gasteiger partial charge in [0.05, 0.1) is 37.2 Å². The first-order valence-corrected chi connectivity index (χ1v) is 13.3. The Morgan fingerprint density at radius 3 is 2.95 bits per heavy atom. The molecule has 204 valence electrons. The van der Waals surface area contributed by atoms with Gasteiger partial charge in [0.15, 0.2) is 0 Å². The van der Waals surface area contributed by atoms with Crippen LogP contribution in [0.2, 0.25) is 5.02 Å². The fraction of sp³-hybridized carbons (Fsp3) is 0.241. The van der Waals surface area contributed by atoms with Crippen molar-refractivity contribution in [3.8, 4) is 16.9 Å². The molecule has 0 spiro atoms. The average Bonchev–Trinajstić information content (AvgIpc) is 3.66. The lowest BCUT2D eigenvalue weighted by atomic mass is 9.96. The molecule has 2 aromatic carbocycles. The minimum absolute atomic E-state index is 0.228. The highest BCUT2D eigenvalue weighted by Crippen LogP contribution is 2.28. The Labute approximate surface area is 236 Å². The Hall–Kier alpha value is -4.57. The number of aromatic amines is 1. The zero-order valence-electron chi connectivity index (χ0n) is 21.9. The predicted molar refractivity (Wildman–Crippen MR) is 151 cm³/mol. The highest BCUT2D eigenvalue weighted by molar-refractivity contribution is 6.30. The maximum atomic E-state index is 13.0. The van der Waals surface area contributed by atoms with E-state index in [4.69, 9.17) is 16.3 Å². The molecule has 1 amide bonds. The zero-order chi connectivity index (χ0) is 27.9. The van der Waals surface area contributed by atoms with Gasteiger partial charge in [0, 0.05) is 22.2 Å². The monoisotopic (exact) mass is 557 g/mol. The number of ether oxygens (including phenoxy) is 1. The van der Waals surface area contributed by atoms with E-state index in [0.717, 1.165) is 41.6 Å². The molecule has 2 bridgehead atoms. The molecular weight excluding hydrogens is 530 g/mol. The van der Waals surface area contributed by atoms with E-state index in [1.807, 2.05) is 12.1 Å². The summed E-state index contributed by atoms with van der Waals surface area (Å²) in [6.07, 6.45) is 14.1. The third kappa shape index (κ3) is 6.52. The number of hydrogen-bond donors (Lipinski definition) is 2. The minimum Gasteiger partial charge on any atom is -0.469 e. The molecule has 1 atom stereocenters. The number of nitrogens with zero attached hydrogens (tertiary/aromatic N) is 5. The van der Waals surface area contributed by atoms with E-state index in [9.17, 15) is 9.59 Å². The number of methoxy groups -OCH3 is 1. The number of aromatic nitrogens is 6. The molecule has 2 N–H and O–H groups in total. The molecule has 0 saturated carbocycles. The molecule has 3 heterocycles. The van der Waals surface area contributed by atoms with Gasteiger partial charge in [0.2, 0.25) is 5.91 Å². The van der Waals surface area contributed by atoms with E-state index in [0.29, 0.717) is 28.5 Å². The summed E-state index contributed by atoms with van der Waals surface area (Å²) >= 11 is 6.20. The van der Waals surface area contributed by atoms with Crippen LogP contribution < -0.4 is 5.32 Å². The van der Waals surface area contributed by atoms with Crippen molar-refractivity contribution >= 4 is 29.6 Å². The molecule has 1 aliphatic heterocycles. The topological polar surface area (TPSA) is 128 Å². The Kier molecular flexibility index (Phi) is 8.46. The van der Waals surface area contributed by atoms with Crippen LogP contribution in [0.3, 0.4) is 0 Å². The van der Waals surface area contributed by atoms with Crippen molar-refractivity contribution in [1.82, 2.24) is 35.5 Å². The van der Waals surface area contributed by atoms with Gasteiger partial charge in [-0.2, -0.15) is 4.68 Å². The Bertz CT molecular complexity index is 1560. The minimum atomic E-state index is -0.359. The number of benzene rings is 2. The van der Waals surface area contributed by atoms with Crippen LogP contribution in [-0.4, -0.2) is 49.2 Å². The number of carbonyl (C=O) groups is 2. The van der Waals surface area contributed by atoms with E-state index in [2.05, 4.69) is 49.0 Å². The highest BCUT2D eigenvalue weighted by atomic mass is 35.5. The van der Waals surface area contributed by atoms with Gasteiger partial charge in [-0.15, -0.1) is 5.10 Å². The number of H-pyrrole nitrogens is 1. The van der Waals surface area contributed by atoms with Crippen LogP contribution in [0.15, 0.2) is 67.2 Å². The van der Waals surface area contributed by atoms with Crippen molar-refractivity contribution in [3.05, 3.63) is 94.7 Å². The lowest BCUT2D eigenvalue weighted by Crippen LogP contribution is -2.27. The van der Waals surface area contributed by atoms with E-state index < -0.39 is 0 Å². The molecule has 0 radical (unpaired) electrons. The molecule has 0 fully saturated rings. The third-order valence-corrected chi connectivity index (χ3v) is 6.87. The normalized spacial score (nSPS) is 16.0. The number of fused-ring (bicyclic) bond motifs is 4. The first kappa shape index (κ1) is 27.0. The molecule has 10 nitrogen and oxygen atoms in total.